The maximum Gasteiger partial charge on any atom is 0.255 e. The Hall–Kier alpha value is -3.54. The van der Waals surface area contributed by atoms with Crippen molar-refractivity contribution in [3.05, 3.63) is 89.5 Å². The molecule has 0 radical (unpaired) electrons. The van der Waals surface area contributed by atoms with Gasteiger partial charge in [-0.3, -0.25) is 9.78 Å². The van der Waals surface area contributed by atoms with Gasteiger partial charge in [-0.15, -0.1) is 0 Å². The smallest absolute Gasteiger partial charge is 0.255 e. The molecule has 0 bridgehead atoms. The SMILES string of the molecule is CC(C)n1ncc2c(C(=O)N(C)[C@H](c3ccccc3)c3ccccn3)cc(C3CC3)nc21. The van der Waals surface area contributed by atoms with Gasteiger partial charge in [-0.25, -0.2) is 9.67 Å². The van der Waals surface area contributed by atoms with Crippen molar-refractivity contribution >= 4 is 16.9 Å². The quantitative estimate of drug-likeness (QED) is 0.429. The summed E-state index contributed by atoms with van der Waals surface area (Å²) in [7, 11) is 1.85. The highest BCUT2D eigenvalue weighted by molar-refractivity contribution is 6.05. The monoisotopic (exact) mass is 425 g/mol. The minimum absolute atomic E-state index is 0.0536. The summed E-state index contributed by atoms with van der Waals surface area (Å²) in [4.78, 5) is 25.2. The lowest BCUT2D eigenvalue weighted by molar-refractivity contribution is 0.0754. The fourth-order valence-electron chi connectivity index (χ4n) is 4.25. The van der Waals surface area contributed by atoms with Gasteiger partial charge >= 0.3 is 0 Å². The predicted molar refractivity (Wildman–Crippen MR) is 125 cm³/mol. The molecule has 0 aliphatic heterocycles. The van der Waals surface area contributed by atoms with Crippen molar-refractivity contribution in [3.8, 4) is 0 Å². The fourth-order valence-corrected chi connectivity index (χ4v) is 4.25. The first-order valence-electron chi connectivity index (χ1n) is 11.2. The summed E-state index contributed by atoms with van der Waals surface area (Å²) in [6, 6.07) is 17.7. The van der Waals surface area contributed by atoms with Crippen LogP contribution in [0.25, 0.3) is 11.0 Å². The van der Waals surface area contributed by atoms with Crippen LogP contribution in [-0.2, 0) is 0 Å². The molecule has 0 N–H and O–H groups in total. The van der Waals surface area contributed by atoms with Crippen LogP contribution in [-0.4, -0.2) is 37.6 Å². The van der Waals surface area contributed by atoms with Gasteiger partial charge in [-0.05, 0) is 50.5 Å². The molecule has 162 valence electrons. The zero-order valence-electron chi connectivity index (χ0n) is 18.6. The summed E-state index contributed by atoms with van der Waals surface area (Å²) in [5.74, 6) is 0.384. The molecule has 0 spiro atoms. The second kappa shape index (κ2) is 8.19. The molecule has 32 heavy (non-hydrogen) atoms. The molecule has 0 unspecified atom stereocenters. The van der Waals surface area contributed by atoms with E-state index in [9.17, 15) is 4.79 Å². The van der Waals surface area contributed by atoms with E-state index in [1.807, 2.05) is 66.3 Å². The van der Waals surface area contributed by atoms with Crippen LogP contribution in [0.5, 0.6) is 0 Å². The summed E-state index contributed by atoms with van der Waals surface area (Å²) in [5, 5.41) is 5.35. The van der Waals surface area contributed by atoms with Crippen molar-refractivity contribution in [2.75, 3.05) is 7.05 Å². The minimum Gasteiger partial charge on any atom is -0.329 e. The third-order valence-corrected chi connectivity index (χ3v) is 6.09. The van der Waals surface area contributed by atoms with Crippen molar-refractivity contribution in [2.24, 2.45) is 0 Å². The van der Waals surface area contributed by atoms with Crippen molar-refractivity contribution < 1.29 is 4.79 Å². The van der Waals surface area contributed by atoms with Gasteiger partial charge in [0.15, 0.2) is 5.65 Å². The molecule has 1 amide bonds. The molecule has 3 aromatic heterocycles. The molecule has 1 aliphatic carbocycles. The fraction of sp³-hybridized carbons (Fsp3) is 0.308. The van der Waals surface area contributed by atoms with E-state index in [1.165, 1.54) is 0 Å². The number of aromatic nitrogens is 4. The number of fused-ring (bicyclic) bond motifs is 1. The Morgan fingerprint density at radius 3 is 2.50 bits per heavy atom. The van der Waals surface area contributed by atoms with E-state index in [0.717, 1.165) is 40.8 Å². The number of nitrogens with zero attached hydrogens (tertiary/aromatic N) is 5. The van der Waals surface area contributed by atoms with Gasteiger partial charge in [-0.2, -0.15) is 5.10 Å². The summed E-state index contributed by atoms with van der Waals surface area (Å²) < 4.78 is 1.91. The van der Waals surface area contributed by atoms with Gasteiger partial charge in [0.25, 0.3) is 5.91 Å². The molecule has 3 heterocycles. The van der Waals surface area contributed by atoms with Gasteiger partial charge in [0.05, 0.1) is 28.9 Å². The Bertz CT molecular complexity index is 1210. The van der Waals surface area contributed by atoms with Crippen LogP contribution in [0.15, 0.2) is 67.0 Å². The normalized spacial score (nSPS) is 14.6. The van der Waals surface area contributed by atoms with Crippen LogP contribution in [0.1, 0.15) is 72.0 Å². The number of rotatable bonds is 6. The van der Waals surface area contributed by atoms with Gasteiger partial charge in [0.1, 0.15) is 0 Å². The van der Waals surface area contributed by atoms with Crippen LogP contribution in [0, 0.1) is 0 Å². The number of amides is 1. The maximum absolute atomic E-state index is 14.0. The van der Waals surface area contributed by atoms with Crippen LogP contribution in [0.2, 0.25) is 0 Å². The van der Waals surface area contributed by atoms with Gasteiger partial charge < -0.3 is 4.90 Å². The maximum atomic E-state index is 14.0. The largest absolute Gasteiger partial charge is 0.329 e. The number of hydrogen-bond donors (Lipinski definition) is 0. The van der Waals surface area contributed by atoms with E-state index in [0.29, 0.717) is 11.5 Å². The Balaban J connectivity index is 1.62. The Kier molecular flexibility index (Phi) is 5.21. The zero-order valence-corrected chi connectivity index (χ0v) is 18.6. The molecule has 1 atom stereocenters. The molecular weight excluding hydrogens is 398 g/mol. The number of hydrogen-bond acceptors (Lipinski definition) is 4. The van der Waals surface area contributed by atoms with Crippen molar-refractivity contribution in [1.82, 2.24) is 24.6 Å². The highest BCUT2D eigenvalue weighted by Crippen LogP contribution is 2.41. The van der Waals surface area contributed by atoms with Crippen LogP contribution >= 0.6 is 0 Å². The molecule has 6 nitrogen and oxygen atoms in total. The van der Waals surface area contributed by atoms with Crippen molar-refractivity contribution in [2.45, 2.75) is 44.7 Å². The average Bonchev–Trinajstić information content (AvgIpc) is 3.58. The molecule has 1 aromatic carbocycles. The summed E-state index contributed by atoms with van der Waals surface area (Å²) in [5.41, 5.74) is 4.29. The molecule has 6 heteroatoms. The minimum atomic E-state index is -0.294. The predicted octanol–water partition coefficient (Wildman–Crippen LogP) is 5.15. The van der Waals surface area contributed by atoms with Crippen LogP contribution < -0.4 is 0 Å². The molecule has 1 saturated carbocycles. The summed E-state index contributed by atoms with van der Waals surface area (Å²) in [6.07, 6.45) is 5.79. The Morgan fingerprint density at radius 1 is 1.09 bits per heavy atom. The third kappa shape index (κ3) is 3.66. The number of benzene rings is 1. The molecule has 0 saturated heterocycles. The van der Waals surface area contributed by atoms with Gasteiger partial charge in [-0.1, -0.05) is 36.4 Å². The first-order valence-corrected chi connectivity index (χ1v) is 11.2. The summed E-state index contributed by atoms with van der Waals surface area (Å²) >= 11 is 0. The van der Waals surface area contributed by atoms with Gasteiger partial charge in [0, 0.05) is 30.9 Å². The third-order valence-electron chi connectivity index (χ3n) is 6.09. The lowest BCUT2D eigenvalue weighted by Gasteiger charge is -2.28. The van der Waals surface area contributed by atoms with Gasteiger partial charge in [0.2, 0.25) is 0 Å². The molecule has 4 aromatic rings. The van der Waals surface area contributed by atoms with E-state index in [2.05, 4.69) is 23.9 Å². The standard InChI is InChI=1S/C26H27N5O/c1-17(2)31-25-21(16-28-31)20(15-23(29-25)18-12-13-18)26(32)30(3)24(19-9-5-4-6-10-19)22-11-7-8-14-27-22/h4-11,14-18,24H,12-13H2,1-3H3/t24-/m1/s1. The molecule has 5 rings (SSSR count). The first-order chi connectivity index (χ1) is 15.5. The molecule has 1 fully saturated rings. The van der Waals surface area contributed by atoms with E-state index >= 15 is 0 Å². The lowest BCUT2D eigenvalue weighted by Crippen LogP contribution is -2.32. The molecular formula is C26H27N5O. The number of carbonyl (C=O) groups excluding carboxylic acids is 1. The van der Waals surface area contributed by atoms with E-state index in [-0.39, 0.29) is 18.0 Å². The van der Waals surface area contributed by atoms with E-state index in [4.69, 9.17) is 4.98 Å². The number of pyridine rings is 2. The van der Waals surface area contributed by atoms with E-state index in [1.54, 1.807) is 17.3 Å². The lowest BCUT2D eigenvalue weighted by atomic mass is 10.00. The van der Waals surface area contributed by atoms with Crippen molar-refractivity contribution in [1.29, 1.82) is 0 Å². The first kappa shape index (κ1) is 20.4. The molecule has 1 aliphatic rings. The van der Waals surface area contributed by atoms with Crippen molar-refractivity contribution in [3.63, 3.8) is 0 Å². The summed E-state index contributed by atoms with van der Waals surface area (Å²) in [6.45, 7) is 4.16. The zero-order chi connectivity index (χ0) is 22.2. The Labute approximate surface area is 187 Å². The van der Waals surface area contributed by atoms with Crippen LogP contribution in [0.4, 0.5) is 0 Å². The van der Waals surface area contributed by atoms with Crippen LogP contribution in [0.3, 0.4) is 0 Å². The second-order valence-electron chi connectivity index (χ2n) is 8.77. The number of carbonyl (C=O) groups is 1. The average molecular weight is 426 g/mol. The highest BCUT2D eigenvalue weighted by Gasteiger charge is 2.31. The van der Waals surface area contributed by atoms with E-state index < -0.39 is 0 Å². The highest BCUT2D eigenvalue weighted by atomic mass is 16.2. The second-order valence-corrected chi connectivity index (χ2v) is 8.77. The Morgan fingerprint density at radius 2 is 1.84 bits per heavy atom. The topological polar surface area (TPSA) is 63.9 Å².